The van der Waals surface area contributed by atoms with E-state index in [9.17, 15) is 9.90 Å². The number of hydrogen-bond acceptors (Lipinski definition) is 4. The van der Waals surface area contributed by atoms with Crippen molar-refractivity contribution in [2.75, 3.05) is 0 Å². The van der Waals surface area contributed by atoms with E-state index in [0.717, 1.165) is 37.8 Å². The highest BCUT2D eigenvalue weighted by atomic mass is 16.6. The molecule has 0 saturated heterocycles. The summed E-state index contributed by atoms with van der Waals surface area (Å²) in [6, 6.07) is 8.78. The van der Waals surface area contributed by atoms with Crippen LogP contribution < -0.4 is 5.32 Å². The number of hydrogen-bond donors (Lipinski definition) is 2. The maximum absolute atomic E-state index is 12.1. The molecule has 2 heterocycles. The van der Waals surface area contributed by atoms with E-state index in [1.807, 2.05) is 33.3 Å². The number of rotatable bonds is 2. The van der Waals surface area contributed by atoms with Crippen LogP contribution in [-0.4, -0.2) is 38.5 Å². The first-order valence-electron chi connectivity index (χ1n) is 11.1. The summed E-state index contributed by atoms with van der Waals surface area (Å²) in [7, 11) is 0. The van der Waals surface area contributed by atoms with Crippen LogP contribution in [0.25, 0.3) is 11.3 Å². The lowest BCUT2D eigenvalue weighted by molar-refractivity contribution is -0.152. The SMILES string of the molecule is CC(C)(C)OC(=O)NC1CCC2(CC1)C[C@@H]([C@@H]1c3ccccc3-c3cncn31)[C@@H]2O. The Hall–Kier alpha value is -2.34. The number of nitrogens with zero attached hydrogens (tertiary/aromatic N) is 2. The average molecular weight is 410 g/mol. The van der Waals surface area contributed by atoms with Crippen LogP contribution in [0.5, 0.6) is 0 Å². The molecule has 1 aromatic carbocycles. The quantitative estimate of drug-likeness (QED) is 0.776. The number of alkyl carbamates (subject to hydrolysis) is 1. The lowest BCUT2D eigenvalue weighted by Crippen LogP contribution is -2.58. The topological polar surface area (TPSA) is 76.4 Å². The van der Waals surface area contributed by atoms with Gasteiger partial charge in [0.15, 0.2) is 0 Å². The molecule has 5 rings (SSSR count). The minimum atomic E-state index is -0.485. The first-order chi connectivity index (χ1) is 14.3. The molecular formula is C24H31N3O3. The van der Waals surface area contributed by atoms with Crippen molar-refractivity contribution in [1.29, 1.82) is 0 Å². The van der Waals surface area contributed by atoms with E-state index >= 15 is 0 Å². The van der Waals surface area contributed by atoms with E-state index in [4.69, 9.17) is 4.74 Å². The average Bonchev–Trinajstić information content (AvgIpc) is 3.27. The zero-order valence-corrected chi connectivity index (χ0v) is 18.0. The Labute approximate surface area is 177 Å². The van der Waals surface area contributed by atoms with Gasteiger partial charge in [0, 0.05) is 17.5 Å². The van der Waals surface area contributed by atoms with Gasteiger partial charge in [-0.25, -0.2) is 9.78 Å². The van der Waals surface area contributed by atoms with Gasteiger partial charge in [0.1, 0.15) is 5.60 Å². The second kappa shape index (κ2) is 6.84. The lowest BCUT2D eigenvalue weighted by atomic mass is 9.51. The van der Waals surface area contributed by atoms with Gasteiger partial charge in [0.05, 0.1) is 30.4 Å². The van der Waals surface area contributed by atoms with Crippen molar-refractivity contribution < 1.29 is 14.6 Å². The number of aliphatic hydroxyl groups is 1. The number of benzene rings is 1. The van der Waals surface area contributed by atoms with Gasteiger partial charge in [0.25, 0.3) is 0 Å². The molecular weight excluding hydrogens is 378 g/mol. The molecule has 0 unspecified atom stereocenters. The highest BCUT2D eigenvalue weighted by Gasteiger charge is 2.57. The Kier molecular flexibility index (Phi) is 4.47. The van der Waals surface area contributed by atoms with Crippen molar-refractivity contribution >= 4 is 6.09 Å². The zero-order valence-electron chi connectivity index (χ0n) is 18.0. The molecule has 3 atom stereocenters. The van der Waals surface area contributed by atoms with Crippen LogP contribution in [0.2, 0.25) is 0 Å². The first kappa shape index (κ1) is 19.6. The number of fused-ring (bicyclic) bond motifs is 3. The summed E-state index contributed by atoms with van der Waals surface area (Å²) >= 11 is 0. The van der Waals surface area contributed by atoms with Crippen molar-refractivity contribution in [3.63, 3.8) is 0 Å². The number of amides is 1. The third kappa shape index (κ3) is 3.13. The minimum absolute atomic E-state index is 0.0188. The van der Waals surface area contributed by atoms with Gasteiger partial charge in [-0.3, -0.25) is 0 Å². The Morgan fingerprint density at radius 2 is 2.00 bits per heavy atom. The van der Waals surface area contributed by atoms with Crippen LogP contribution in [0.3, 0.4) is 0 Å². The third-order valence-corrected chi connectivity index (χ3v) is 7.30. The Morgan fingerprint density at radius 3 is 2.70 bits per heavy atom. The predicted octanol–water partition coefficient (Wildman–Crippen LogP) is 4.29. The molecule has 3 aliphatic rings. The number of aliphatic hydroxyl groups excluding tert-OH is 1. The van der Waals surface area contributed by atoms with Gasteiger partial charge in [-0.1, -0.05) is 24.3 Å². The molecule has 2 N–H and O–H groups in total. The number of carbonyl (C=O) groups is 1. The number of nitrogens with one attached hydrogen (secondary N) is 1. The monoisotopic (exact) mass is 409 g/mol. The fraction of sp³-hybridized carbons (Fsp3) is 0.583. The molecule has 1 amide bonds. The normalized spacial score (nSPS) is 32.3. The van der Waals surface area contributed by atoms with Crippen molar-refractivity contribution in [2.24, 2.45) is 11.3 Å². The second-order valence-electron chi connectivity index (χ2n) is 10.3. The van der Waals surface area contributed by atoms with Crippen molar-refractivity contribution in [3.8, 4) is 11.3 Å². The molecule has 2 fully saturated rings. The molecule has 2 saturated carbocycles. The van der Waals surface area contributed by atoms with Crippen LogP contribution in [0, 0.1) is 11.3 Å². The molecule has 30 heavy (non-hydrogen) atoms. The summed E-state index contributed by atoms with van der Waals surface area (Å²) in [6.45, 7) is 5.63. The Balaban J connectivity index is 1.24. The van der Waals surface area contributed by atoms with E-state index in [-0.39, 0.29) is 35.6 Å². The summed E-state index contributed by atoms with van der Waals surface area (Å²) in [4.78, 5) is 16.4. The standard InChI is InChI=1S/C24H31N3O3/c1-23(2,3)30-22(29)26-15-8-10-24(11-9-15)12-18(21(24)28)20-17-7-5-4-6-16(17)19-13-25-14-27(19)20/h4-7,13-15,18,20-21,28H,8-12H2,1-3H3,(H,26,29)/t15?,18-,20-,21-,24?/m0/s1. The van der Waals surface area contributed by atoms with Gasteiger partial charge in [-0.15, -0.1) is 0 Å². The third-order valence-electron chi connectivity index (χ3n) is 7.30. The summed E-state index contributed by atoms with van der Waals surface area (Å²) in [5.41, 5.74) is 3.18. The number of ether oxygens (including phenoxy) is 1. The molecule has 160 valence electrons. The van der Waals surface area contributed by atoms with E-state index < -0.39 is 5.60 Å². The van der Waals surface area contributed by atoms with Crippen LogP contribution in [0.1, 0.15) is 64.5 Å². The molecule has 1 aromatic heterocycles. The highest BCUT2D eigenvalue weighted by Crippen LogP contribution is 2.60. The smallest absolute Gasteiger partial charge is 0.407 e. The lowest BCUT2D eigenvalue weighted by Gasteiger charge is -2.57. The summed E-state index contributed by atoms with van der Waals surface area (Å²) < 4.78 is 7.63. The fourth-order valence-electron chi connectivity index (χ4n) is 5.90. The highest BCUT2D eigenvalue weighted by molar-refractivity contribution is 5.69. The summed E-state index contributed by atoms with van der Waals surface area (Å²) in [5, 5.41) is 14.3. The molecule has 2 aromatic rings. The van der Waals surface area contributed by atoms with Crippen molar-refractivity contribution in [2.45, 2.75) is 76.7 Å². The molecule has 1 aliphatic heterocycles. The maximum atomic E-state index is 12.1. The van der Waals surface area contributed by atoms with Crippen LogP contribution >= 0.6 is 0 Å². The number of aromatic nitrogens is 2. The summed E-state index contributed by atoms with van der Waals surface area (Å²) in [6.07, 6.45) is 7.83. The van der Waals surface area contributed by atoms with Crippen LogP contribution in [0.4, 0.5) is 4.79 Å². The van der Waals surface area contributed by atoms with Crippen molar-refractivity contribution in [3.05, 3.63) is 42.4 Å². The van der Waals surface area contributed by atoms with Gasteiger partial charge >= 0.3 is 6.09 Å². The van der Waals surface area contributed by atoms with Gasteiger partial charge in [-0.2, -0.15) is 0 Å². The van der Waals surface area contributed by atoms with E-state index in [1.165, 1.54) is 11.1 Å². The van der Waals surface area contributed by atoms with E-state index in [2.05, 4.69) is 39.1 Å². The number of carbonyl (C=O) groups excluding carboxylic acids is 1. The Bertz CT molecular complexity index is 953. The number of imidazole rings is 1. The molecule has 2 aliphatic carbocycles. The Morgan fingerprint density at radius 1 is 1.27 bits per heavy atom. The minimum Gasteiger partial charge on any atom is -0.444 e. The van der Waals surface area contributed by atoms with Gasteiger partial charge in [-0.05, 0) is 63.9 Å². The first-order valence-corrected chi connectivity index (χ1v) is 11.1. The van der Waals surface area contributed by atoms with E-state index in [1.54, 1.807) is 0 Å². The molecule has 0 bridgehead atoms. The van der Waals surface area contributed by atoms with Gasteiger partial charge in [0.2, 0.25) is 0 Å². The fourth-order valence-corrected chi connectivity index (χ4v) is 5.90. The molecule has 0 radical (unpaired) electrons. The maximum Gasteiger partial charge on any atom is 0.407 e. The summed E-state index contributed by atoms with van der Waals surface area (Å²) in [5.74, 6) is 0.206. The van der Waals surface area contributed by atoms with E-state index in [0.29, 0.717) is 0 Å². The largest absolute Gasteiger partial charge is 0.444 e. The zero-order chi connectivity index (χ0) is 21.1. The predicted molar refractivity (Wildman–Crippen MR) is 114 cm³/mol. The van der Waals surface area contributed by atoms with Gasteiger partial charge < -0.3 is 19.7 Å². The van der Waals surface area contributed by atoms with Crippen LogP contribution in [-0.2, 0) is 4.74 Å². The molecule has 6 nitrogen and oxygen atoms in total. The second-order valence-corrected chi connectivity index (χ2v) is 10.3. The van der Waals surface area contributed by atoms with Crippen molar-refractivity contribution in [1.82, 2.24) is 14.9 Å². The molecule has 1 spiro atoms. The molecule has 6 heteroatoms. The van der Waals surface area contributed by atoms with Crippen LogP contribution in [0.15, 0.2) is 36.8 Å².